The maximum atomic E-state index is 4.63. The number of rotatable bonds is 4. The van der Waals surface area contributed by atoms with Gasteiger partial charge in [-0.3, -0.25) is 0 Å². The lowest BCUT2D eigenvalue weighted by molar-refractivity contribution is 0.344. The largest absolute Gasteiger partial charge is 0.338 e. The molecule has 1 aromatic rings. The van der Waals surface area contributed by atoms with Gasteiger partial charge in [0.2, 0.25) is 5.95 Å². The Morgan fingerprint density at radius 3 is 2.68 bits per heavy atom. The summed E-state index contributed by atoms with van der Waals surface area (Å²) in [5.74, 6) is 0.924. The molecule has 2 bridgehead atoms. The van der Waals surface area contributed by atoms with Crippen molar-refractivity contribution >= 4 is 5.95 Å². The van der Waals surface area contributed by atoms with Crippen molar-refractivity contribution in [2.75, 3.05) is 11.4 Å². The molecule has 2 aliphatic heterocycles. The van der Waals surface area contributed by atoms with Crippen molar-refractivity contribution < 1.29 is 0 Å². The topological polar surface area (TPSA) is 41.1 Å². The van der Waals surface area contributed by atoms with Crippen molar-refractivity contribution in [2.24, 2.45) is 0 Å². The summed E-state index contributed by atoms with van der Waals surface area (Å²) in [5, 5.41) is 3.71. The minimum absolute atomic E-state index is 0.612. The number of nitrogens with zero attached hydrogens (tertiary/aromatic N) is 3. The molecule has 2 fully saturated rings. The molecule has 0 spiro atoms. The van der Waals surface area contributed by atoms with E-state index in [4.69, 9.17) is 0 Å². The van der Waals surface area contributed by atoms with Gasteiger partial charge in [-0.15, -0.1) is 0 Å². The van der Waals surface area contributed by atoms with Crippen LogP contribution in [0.1, 0.15) is 44.7 Å². The third-order valence-electron chi connectivity index (χ3n) is 4.39. The number of hydrogen-bond donors (Lipinski definition) is 1. The molecule has 2 atom stereocenters. The highest BCUT2D eigenvalue weighted by atomic mass is 15.3. The van der Waals surface area contributed by atoms with E-state index in [0.717, 1.165) is 24.6 Å². The second-order valence-corrected chi connectivity index (χ2v) is 5.95. The highest BCUT2D eigenvalue weighted by molar-refractivity contribution is 5.32. The fourth-order valence-corrected chi connectivity index (χ4v) is 3.54. The summed E-state index contributed by atoms with van der Waals surface area (Å²) in [5.41, 5.74) is 1.06. The number of aryl methyl sites for hydroxylation is 1. The van der Waals surface area contributed by atoms with Crippen molar-refractivity contribution in [3.8, 4) is 0 Å². The number of piperidine rings is 1. The van der Waals surface area contributed by atoms with Gasteiger partial charge < -0.3 is 10.2 Å². The lowest BCUT2D eigenvalue weighted by atomic mass is 9.98. The van der Waals surface area contributed by atoms with Gasteiger partial charge in [-0.1, -0.05) is 6.92 Å². The Hall–Kier alpha value is -1.16. The molecular formula is C15H24N4. The van der Waals surface area contributed by atoms with Gasteiger partial charge in [0.1, 0.15) is 0 Å². The van der Waals surface area contributed by atoms with Gasteiger partial charge in [-0.25, -0.2) is 9.97 Å². The van der Waals surface area contributed by atoms with Crippen LogP contribution >= 0.6 is 0 Å². The van der Waals surface area contributed by atoms with Crippen LogP contribution in [-0.2, 0) is 0 Å². The molecule has 0 amide bonds. The quantitative estimate of drug-likeness (QED) is 0.902. The standard InChI is InChI=1S/C15H24N4/c1-3-8-19(15-16-7-6-11(2)17-15)14-9-12-4-5-13(10-14)18-12/h6-7,12-14,18H,3-5,8-10H2,1-2H3. The first-order chi connectivity index (χ1) is 9.26. The smallest absolute Gasteiger partial charge is 0.225 e. The van der Waals surface area contributed by atoms with Crippen molar-refractivity contribution in [1.82, 2.24) is 15.3 Å². The van der Waals surface area contributed by atoms with Crippen molar-refractivity contribution in [2.45, 2.75) is 64.1 Å². The van der Waals surface area contributed by atoms with Crippen LogP contribution in [0, 0.1) is 6.92 Å². The number of anilines is 1. The summed E-state index contributed by atoms with van der Waals surface area (Å²) in [7, 11) is 0. The fraction of sp³-hybridized carbons (Fsp3) is 0.733. The molecule has 19 heavy (non-hydrogen) atoms. The summed E-state index contributed by atoms with van der Waals surface area (Å²) in [6.45, 7) is 5.34. The van der Waals surface area contributed by atoms with Gasteiger partial charge >= 0.3 is 0 Å². The molecule has 104 valence electrons. The van der Waals surface area contributed by atoms with Crippen molar-refractivity contribution in [3.63, 3.8) is 0 Å². The van der Waals surface area contributed by atoms with E-state index in [1.54, 1.807) is 0 Å². The zero-order chi connectivity index (χ0) is 13.2. The Labute approximate surface area is 115 Å². The first-order valence-electron chi connectivity index (χ1n) is 7.58. The molecule has 2 saturated heterocycles. The molecule has 4 heteroatoms. The summed E-state index contributed by atoms with van der Waals surface area (Å²) in [4.78, 5) is 11.6. The Morgan fingerprint density at radius 2 is 2.05 bits per heavy atom. The highest BCUT2D eigenvalue weighted by Crippen LogP contribution is 2.31. The third-order valence-corrected chi connectivity index (χ3v) is 4.39. The van der Waals surface area contributed by atoms with Crippen molar-refractivity contribution in [1.29, 1.82) is 0 Å². The molecule has 0 aliphatic carbocycles. The van der Waals surface area contributed by atoms with Gasteiger partial charge in [0.05, 0.1) is 0 Å². The summed E-state index contributed by atoms with van der Waals surface area (Å²) < 4.78 is 0. The minimum Gasteiger partial charge on any atom is -0.338 e. The van der Waals surface area contributed by atoms with E-state index in [-0.39, 0.29) is 0 Å². The van der Waals surface area contributed by atoms with Gasteiger partial charge in [0.25, 0.3) is 0 Å². The Kier molecular flexibility index (Phi) is 3.69. The predicted molar refractivity (Wildman–Crippen MR) is 77.4 cm³/mol. The van der Waals surface area contributed by atoms with Crippen molar-refractivity contribution in [3.05, 3.63) is 18.0 Å². The zero-order valence-electron chi connectivity index (χ0n) is 12.0. The minimum atomic E-state index is 0.612. The SMILES string of the molecule is CCCN(c1nccc(C)n1)C1CC2CCC(C1)N2. The van der Waals surface area contributed by atoms with E-state index in [2.05, 4.69) is 27.1 Å². The lowest BCUT2D eigenvalue weighted by Gasteiger charge is -2.37. The maximum Gasteiger partial charge on any atom is 0.225 e. The molecule has 1 aromatic heterocycles. The molecule has 4 nitrogen and oxygen atoms in total. The monoisotopic (exact) mass is 260 g/mol. The first kappa shape index (κ1) is 12.9. The molecule has 2 unspecified atom stereocenters. The number of fused-ring (bicyclic) bond motifs is 2. The lowest BCUT2D eigenvalue weighted by Crippen LogP contribution is -2.49. The van der Waals surface area contributed by atoms with Crippen LogP contribution in [0.3, 0.4) is 0 Å². The summed E-state index contributed by atoms with van der Waals surface area (Å²) >= 11 is 0. The number of nitrogens with one attached hydrogen (secondary N) is 1. The van der Waals surface area contributed by atoms with Crippen LogP contribution in [0.5, 0.6) is 0 Å². The van der Waals surface area contributed by atoms with Gasteiger partial charge in [-0.05, 0) is 45.1 Å². The van der Waals surface area contributed by atoms with E-state index in [1.807, 2.05) is 19.2 Å². The van der Waals surface area contributed by atoms with E-state index in [0.29, 0.717) is 18.1 Å². The van der Waals surface area contributed by atoms with Crippen LogP contribution in [0.4, 0.5) is 5.95 Å². The third kappa shape index (κ3) is 2.73. The molecule has 0 radical (unpaired) electrons. The van der Waals surface area contributed by atoms with Crippen LogP contribution in [0.15, 0.2) is 12.3 Å². The molecule has 2 aliphatic rings. The normalized spacial score (nSPS) is 29.5. The maximum absolute atomic E-state index is 4.63. The molecule has 1 N–H and O–H groups in total. The van der Waals surface area contributed by atoms with Gasteiger partial charge in [0, 0.05) is 36.6 Å². The van der Waals surface area contributed by atoms with Crippen LogP contribution in [-0.4, -0.2) is 34.6 Å². The Bertz CT molecular complexity index is 422. The zero-order valence-corrected chi connectivity index (χ0v) is 12.0. The second kappa shape index (κ2) is 5.45. The predicted octanol–water partition coefficient (Wildman–Crippen LogP) is 2.28. The van der Waals surface area contributed by atoms with Crippen LogP contribution in [0.2, 0.25) is 0 Å². The number of hydrogen-bond acceptors (Lipinski definition) is 4. The molecular weight excluding hydrogens is 236 g/mol. The average molecular weight is 260 g/mol. The molecule has 0 saturated carbocycles. The molecule has 0 aromatic carbocycles. The van der Waals surface area contributed by atoms with Gasteiger partial charge in [-0.2, -0.15) is 0 Å². The fourth-order valence-electron chi connectivity index (χ4n) is 3.54. The number of aromatic nitrogens is 2. The molecule has 3 heterocycles. The van der Waals surface area contributed by atoms with E-state index >= 15 is 0 Å². The van der Waals surface area contributed by atoms with Crippen LogP contribution < -0.4 is 10.2 Å². The van der Waals surface area contributed by atoms with Gasteiger partial charge in [0.15, 0.2) is 0 Å². The summed E-state index contributed by atoms with van der Waals surface area (Å²) in [6.07, 6.45) is 8.21. The van der Waals surface area contributed by atoms with Crippen LogP contribution in [0.25, 0.3) is 0 Å². The average Bonchev–Trinajstić information content (AvgIpc) is 2.75. The summed E-state index contributed by atoms with van der Waals surface area (Å²) in [6, 6.07) is 4.01. The first-order valence-corrected chi connectivity index (χ1v) is 7.58. The Balaban J connectivity index is 1.80. The van der Waals surface area contributed by atoms with E-state index in [1.165, 1.54) is 25.7 Å². The highest BCUT2D eigenvalue weighted by Gasteiger charge is 2.36. The molecule has 3 rings (SSSR count). The second-order valence-electron chi connectivity index (χ2n) is 5.95. The van der Waals surface area contributed by atoms with E-state index in [9.17, 15) is 0 Å². The van der Waals surface area contributed by atoms with E-state index < -0.39 is 0 Å². The Morgan fingerprint density at radius 1 is 1.32 bits per heavy atom.